The second-order valence-electron chi connectivity index (χ2n) is 6.52. The summed E-state index contributed by atoms with van der Waals surface area (Å²) in [5.41, 5.74) is 2.65. The van der Waals surface area contributed by atoms with E-state index in [1.807, 2.05) is 48.6 Å². The zero-order valence-electron chi connectivity index (χ0n) is 18.5. The molecule has 0 aliphatic carbocycles. The second kappa shape index (κ2) is 12.1. The Bertz CT molecular complexity index is 1000. The summed E-state index contributed by atoms with van der Waals surface area (Å²) in [6, 6.07) is 13.3. The van der Waals surface area contributed by atoms with Crippen LogP contribution in [0.5, 0.6) is 23.0 Å². The maximum Gasteiger partial charge on any atom is 0.161 e. The monoisotopic (exact) mass is 420 g/mol. The Kier molecular flexibility index (Phi) is 9.18. The number of unbranched alkanes of at least 4 members (excludes halogenated alkanes) is 1. The maximum absolute atomic E-state index is 9.86. The lowest BCUT2D eigenvalue weighted by Gasteiger charge is -2.13. The molecule has 0 heterocycles. The van der Waals surface area contributed by atoms with Crippen molar-refractivity contribution in [3.63, 3.8) is 0 Å². The Balaban J connectivity index is 2.61. The number of nitriles is 1. The van der Waals surface area contributed by atoms with E-state index in [9.17, 15) is 5.26 Å². The van der Waals surface area contributed by atoms with Gasteiger partial charge in [-0.05, 0) is 54.3 Å². The lowest BCUT2D eigenvalue weighted by Crippen LogP contribution is -2.02. The summed E-state index contributed by atoms with van der Waals surface area (Å²) in [4.78, 5) is 4.54. The Labute approximate surface area is 184 Å². The van der Waals surface area contributed by atoms with E-state index in [4.69, 9.17) is 18.9 Å². The summed E-state index contributed by atoms with van der Waals surface area (Å²) in [7, 11) is 6.34. The second-order valence-corrected chi connectivity index (χ2v) is 6.52. The highest BCUT2D eigenvalue weighted by atomic mass is 16.5. The number of allylic oxidation sites excluding steroid dienone is 2. The van der Waals surface area contributed by atoms with Gasteiger partial charge in [0.25, 0.3) is 0 Å². The molecule has 0 saturated heterocycles. The first kappa shape index (κ1) is 23.6. The van der Waals surface area contributed by atoms with Crippen molar-refractivity contribution in [2.24, 2.45) is 4.99 Å². The summed E-state index contributed by atoms with van der Waals surface area (Å²) >= 11 is 0. The summed E-state index contributed by atoms with van der Waals surface area (Å²) in [6.45, 7) is 4.26. The average Bonchev–Trinajstić information content (AvgIpc) is 2.82. The molecule has 0 aliphatic rings. The highest BCUT2D eigenvalue weighted by Gasteiger charge is 2.14. The minimum Gasteiger partial charge on any atom is -0.493 e. The number of aliphatic imine (C=N–C) groups is 1. The van der Waals surface area contributed by atoms with Crippen LogP contribution in [-0.4, -0.2) is 40.7 Å². The van der Waals surface area contributed by atoms with Crippen molar-refractivity contribution in [2.45, 2.75) is 12.8 Å². The Hall–Kier alpha value is -3.72. The van der Waals surface area contributed by atoms with Crippen molar-refractivity contribution in [1.29, 1.82) is 5.26 Å². The van der Waals surface area contributed by atoms with Gasteiger partial charge in [-0.3, -0.25) is 4.99 Å². The smallest absolute Gasteiger partial charge is 0.161 e. The van der Waals surface area contributed by atoms with E-state index in [0.29, 0.717) is 40.8 Å². The SMILES string of the molecule is C=CCCCN=C(C#N)/C(=C/c1ccc(OC)c(OC)c1)c1ccc(OC)c(OC)c1. The third-order valence-corrected chi connectivity index (χ3v) is 4.61. The number of hydrogen-bond donors (Lipinski definition) is 0. The number of methoxy groups -OCH3 is 4. The molecule has 162 valence electrons. The molecule has 0 spiro atoms. The Morgan fingerprint density at radius 2 is 1.55 bits per heavy atom. The zero-order chi connectivity index (χ0) is 22.6. The van der Waals surface area contributed by atoms with Gasteiger partial charge < -0.3 is 18.9 Å². The molecule has 0 N–H and O–H groups in total. The fraction of sp³-hybridized carbons (Fsp3) is 0.280. The fourth-order valence-corrected chi connectivity index (χ4v) is 3.01. The van der Waals surface area contributed by atoms with Crippen LogP contribution in [0.15, 0.2) is 54.0 Å². The molecule has 6 heteroatoms. The number of rotatable bonds is 11. The van der Waals surface area contributed by atoms with Crippen LogP contribution in [0.4, 0.5) is 0 Å². The van der Waals surface area contributed by atoms with Crippen LogP contribution in [-0.2, 0) is 0 Å². The number of benzene rings is 2. The number of nitrogens with zero attached hydrogens (tertiary/aromatic N) is 2. The lowest BCUT2D eigenvalue weighted by molar-refractivity contribution is 0.355. The predicted octanol–water partition coefficient (Wildman–Crippen LogP) is 5.19. The quantitative estimate of drug-likeness (QED) is 0.216. The fourth-order valence-electron chi connectivity index (χ4n) is 3.01. The molecule has 2 aromatic rings. The van der Waals surface area contributed by atoms with Gasteiger partial charge in [0.2, 0.25) is 0 Å². The van der Waals surface area contributed by atoms with E-state index in [0.717, 1.165) is 24.0 Å². The largest absolute Gasteiger partial charge is 0.493 e. The first-order valence-electron chi connectivity index (χ1n) is 9.83. The molecule has 0 atom stereocenters. The van der Waals surface area contributed by atoms with Crippen molar-refractivity contribution in [3.05, 3.63) is 60.2 Å². The van der Waals surface area contributed by atoms with Crippen molar-refractivity contribution in [3.8, 4) is 29.1 Å². The van der Waals surface area contributed by atoms with E-state index in [-0.39, 0.29) is 0 Å². The average molecular weight is 421 g/mol. The first-order chi connectivity index (χ1) is 15.1. The predicted molar refractivity (Wildman–Crippen MR) is 124 cm³/mol. The van der Waals surface area contributed by atoms with E-state index in [2.05, 4.69) is 17.6 Å². The summed E-state index contributed by atoms with van der Waals surface area (Å²) < 4.78 is 21.5. The Morgan fingerprint density at radius 1 is 0.935 bits per heavy atom. The van der Waals surface area contributed by atoms with Gasteiger partial charge in [0, 0.05) is 12.1 Å². The molecule has 0 aliphatic heterocycles. The van der Waals surface area contributed by atoms with Gasteiger partial charge in [0.15, 0.2) is 23.0 Å². The Morgan fingerprint density at radius 3 is 2.13 bits per heavy atom. The van der Waals surface area contributed by atoms with Gasteiger partial charge in [-0.2, -0.15) is 5.26 Å². The summed E-state index contributed by atoms with van der Waals surface area (Å²) in [5, 5.41) is 9.86. The topological polar surface area (TPSA) is 73.1 Å². The molecule has 2 rings (SSSR count). The lowest BCUT2D eigenvalue weighted by atomic mass is 9.98. The molecular formula is C25H28N2O4. The van der Waals surface area contributed by atoms with Crippen LogP contribution < -0.4 is 18.9 Å². The molecular weight excluding hydrogens is 392 g/mol. The standard InChI is InChI=1S/C25H28N2O4/c1-6-7-8-13-27-21(17-26)20(19-10-12-23(29-3)25(16-19)31-5)14-18-9-11-22(28-2)24(15-18)30-4/h6,9-12,14-16H,1,7-8,13H2,2-5H3/b20-14+,27-21?. The van der Waals surface area contributed by atoms with Gasteiger partial charge >= 0.3 is 0 Å². The van der Waals surface area contributed by atoms with Crippen molar-refractivity contribution >= 4 is 17.4 Å². The van der Waals surface area contributed by atoms with Crippen LogP contribution >= 0.6 is 0 Å². The van der Waals surface area contributed by atoms with E-state index < -0.39 is 0 Å². The summed E-state index contributed by atoms with van der Waals surface area (Å²) in [6.07, 6.45) is 5.41. The van der Waals surface area contributed by atoms with Crippen LogP contribution in [0.25, 0.3) is 11.6 Å². The molecule has 0 radical (unpaired) electrons. The van der Waals surface area contributed by atoms with Gasteiger partial charge in [0.05, 0.1) is 28.4 Å². The van der Waals surface area contributed by atoms with Crippen molar-refractivity contribution < 1.29 is 18.9 Å². The van der Waals surface area contributed by atoms with Crippen LogP contribution in [0.1, 0.15) is 24.0 Å². The van der Waals surface area contributed by atoms with Crippen LogP contribution in [0.2, 0.25) is 0 Å². The molecule has 31 heavy (non-hydrogen) atoms. The van der Waals surface area contributed by atoms with Gasteiger partial charge in [-0.1, -0.05) is 18.2 Å². The van der Waals surface area contributed by atoms with Crippen molar-refractivity contribution in [1.82, 2.24) is 0 Å². The highest BCUT2D eigenvalue weighted by molar-refractivity contribution is 6.34. The minimum atomic E-state index is 0.339. The van der Waals surface area contributed by atoms with Gasteiger partial charge in [-0.15, -0.1) is 6.58 Å². The third-order valence-electron chi connectivity index (χ3n) is 4.61. The summed E-state index contributed by atoms with van der Waals surface area (Å²) in [5.74, 6) is 2.41. The van der Waals surface area contributed by atoms with Crippen LogP contribution in [0, 0.1) is 11.3 Å². The van der Waals surface area contributed by atoms with Crippen LogP contribution in [0.3, 0.4) is 0 Å². The molecule has 6 nitrogen and oxygen atoms in total. The number of ether oxygens (including phenoxy) is 4. The zero-order valence-corrected chi connectivity index (χ0v) is 18.5. The van der Waals surface area contributed by atoms with Gasteiger partial charge in [-0.25, -0.2) is 0 Å². The molecule has 0 amide bonds. The normalized spacial score (nSPS) is 11.5. The third kappa shape index (κ3) is 6.13. The molecule has 0 fully saturated rings. The van der Waals surface area contributed by atoms with E-state index >= 15 is 0 Å². The molecule has 0 bridgehead atoms. The first-order valence-corrected chi connectivity index (χ1v) is 9.83. The van der Waals surface area contributed by atoms with E-state index in [1.165, 1.54) is 0 Å². The molecule has 2 aromatic carbocycles. The molecule has 0 aromatic heterocycles. The number of hydrogen-bond acceptors (Lipinski definition) is 6. The highest BCUT2D eigenvalue weighted by Crippen LogP contribution is 2.33. The van der Waals surface area contributed by atoms with Crippen molar-refractivity contribution in [2.75, 3.05) is 35.0 Å². The van der Waals surface area contributed by atoms with E-state index in [1.54, 1.807) is 28.4 Å². The molecule has 0 saturated carbocycles. The minimum absolute atomic E-state index is 0.339. The van der Waals surface area contributed by atoms with Gasteiger partial charge in [0.1, 0.15) is 11.8 Å². The maximum atomic E-state index is 9.86. The molecule has 0 unspecified atom stereocenters.